The fourth-order valence-electron chi connectivity index (χ4n) is 2.43. The van der Waals surface area contributed by atoms with Crippen LogP contribution in [0.25, 0.3) is 0 Å². The van der Waals surface area contributed by atoms with Crippen LogP contribution in [-0.4, -0.2) is 29.5 Å². The lowest BCUT2D eigenvalue weighted by Crippen LogP contribution is -2.22. The molecule has 1 fully saturated rings. The second-order valence-corrected chi connectivity index (χ2v) is 5.53. The van der Waals surface area contributed by atoms with Gasteiger partial charge in [-0.1, -0.05) is 17.7 Å². The van der Waals surface area contributed by atoms with Gasteiger partial charge in [-0.2, -0.15) is 13.2 Å². The average Bonchev–Trinajstić information content (AvgIpc) is 2.92. The first-order valence-corrected chi connectivity index (χ1v) is 7.22. The fraction of sp³-hybridized carbons (Fsp3) is 0.500. The van der Waals surface area contributed by atoms with Crippen molar-refractivity contribution in [3.05, 3.63) is 29.3 Å². The predicted octanol–water partition coefficient (Wildman–Crippen LogP) is 3.77. The van der Waals surface area contributed by atoms with Gasteiger partial charge in [0, 0.05) is 12.2 Å². The van der Waals surface area contributed by atoms with Crippen LogP contribution < -0.4 is 5.32 Å². The molecule has 0 radical (unpaired) electrons. The van der Waals surface area contributed by atoms with Gasteiger partial charge < -0.3 is 5.32 Å². The Morgan fingerprint density at radius 2 is 1.95 bits per heavy atom. The number of nitrogens with one attached hydrogen (secondary N) is 1. The molecule has 0 bridgehead atoms. The first-order chi connectivity index (χ1) is 10.3. The molecule has 1 aromatic rings. The molecule has 22 heavy (non-hydrogen) atoms. The van der Waals surface area contributed by atoms with Crippen molar-refractivity contribution >= 4 is 23.2 Å². The summed E-state index contributed by atoms with van der Waals surface area (Å²) in [5, 5.41) is 2.02. The molecule has 1 aliphatic heterocycles. The third-order valence-electron chi connectivity index (χ3n) is 3.47. The molecule has 1 atom stereocenters. The van der Waals surface area contributed by atoms with Crippen molar-refractivity contribution in [2.75, 3.05) is 18.4 Å². The molecule has 1 N–H and O–H groups in total. The van der Waals surface area contributed by atoms with Crippen LogP contribution in [0.15, 0.2) is 18.2 Å². The SMILES string of the molecule is O=C(Nc1ccc(CN2CCCC2)c(C(F)(F)F)c1)C(F)Cl. The van der Waals surface area contributed by atoms with Gasteiger partial charge in [-0.15, -0.1) is 0 Å². The molecule has 0 spiro atoms. The highest BCUT2D eigenvalue weighted by atomic mass is 35.5. The standard InChI is InChI=1S/C14H15ClF4N2O/c15-12(16)13(22)20-10-4-3-9(8-21-5-1-2-6-21)11(7-10)14(17,18)19/h3-4,7,12H,1-2,5-6,8H2,(H,20,22). The Morgan fingerprint density at radius 3 is 2.50 bits per heavy atom. The topological polar surface area (TPSA) is 32.3 Å². The fourth-order valence-corrected chi connectivity index (χ4v) is 2.49. The van der Waals surface area contributed by atoms with Gasteiger partial charge in [-0.05, 0) is 43.6 Å². The number of benzene rings is 1. The van der Waals surface area contributed by atoms with E-state index in [2.05, 4.69) is 0 Å². The van der Waals surface area contributed by atoms with Gasteiger partial charge in [-0.3, -0.25) is 9.69 Å². The molecule has 8 heteroatoms. The molecule has 0 aromatic heterocycles. The van der Waals surface area contributed by atoms with Crippen LogP contribution in [0.1, 0.15) is 24.0 Å². The third kappa shape index (κ3) is 4.33. The van der Waals surface area contributed by atoms with Gasteiger partial charge in [0.15, 0.2) is 0 Å². The molecule has 2 rings (SSSR count). The van der Waals surface area contributed by atoms with Crippen LogP contribution in [-0.2, 0) is 17.5 Å². The van der Waals surface area contributed by atoms with Gasteiger partial charge in [0.1, 0.15) is 0 Å². The molecule has 0 saturated carbocycles. The van der Waals surface area contributed by atoms with E-state index in [1.165, 1.54) is 12.1 Å². The van der Waals surface area contributed by atoms with Crippen LogP contribution in [0.2, 0.25) is 0 Å². The number of anilines is 1. The van der Waals surface area contributed by atoms with Gasteiger partial charge in [-0.25, -0.2) is 4.39 Å². The summed E-state index contributed by atoms with van der Waals surface area (Å²) in [5.74, 6) is -1.19. The van der Waals surface area contributed by atoms with E-state index >= 15 is 0 Å². The summed E-state index contributed by atoms with van der Waals surface area (Å²) >= 11 is 4.94. The summed E-state index contributed by atoms with van der Waals surface area (Å²) in [5.41, 5.74) is -3.14. The van der Waals surface area contributed by atoms with Crippen LogP contribution in [0, 0.1) is 0 Å². The summed E-state index contributed by atoms with van der Waals surface area (Å²) < 4.78 is 52.1. The maximum Gasteiger partial charge on any atom is 0.416 e. The zero-order valence-corrected chi connectivity index (χ0v) is 12.3. The quantitative estimate of drug-likeness (QED) is 0.669. The molecular weight excluding hydrogens is 324 g/mol. The number of rotatable bonds is 4. The van der Waals surface area contributed by atoms with E-state index in [-0.39, 0.29) is 17.8 Å². The summed E-state index contributed by atoms with van der Waals surface area (Å²) in [7, 11) is 0. The summed E-state index contributed by atoms with van der Waals surface area (Å²) in [6.07, 6.45) is -2.60. The number of hydrogen-bond acceptors (Lipinski definition) is 2. The molecule has 1 unspecified atom stereocenters. The molecule has 122 valence electrons. The molecule has 1 aliphatic rings. The Morgan fingerprint density at radius 1 is 1.32 bits per heavy atom. The highest BCUT2D eigenvalue weighted by molar-refractivity contribution is 6.31. The van der Waals surface area contributed by atoms with E-state index < -0.39 is 23.3 Å². The van der Waals surface area contributed by atoms with Crippen molar-refractivity contribution in [1.29, 1.82) is 0 Å². The number of likely N-dealkylation sites (tertiary alicyclic amines) is 1. The Labute approximate surface area is 130 Å². The molecule has 1 amide bonds. The minimum absolute atomic E-state index is 0.134. The van der Waals surface area contributed by atoms with Gasteiger partial charge in [0.2, 0.25) is 0 Å². The Hall–Kier alpha value is -1.34. The Kier molecular flexibility index (Phi) is 5.28. The van der Waals surface area contributed by atoms with Crippen molar-refractivity contribution in [2.24, 2.45) is 0 Å². The number of carbonyl (C=O) groups is 1. The van der Waals surface area contributed by atoms with Gasteiger partial charge in [0.05, 0.1) is 5.56 Å². The van der Waals surface area contributed by atoms with E-state index in [1.54, 1.807) is 0 Å². The van der Waals surface area contributed by atoms with E-state index in [0.717, 1.165) is 32.0 Å². The smallest absolute Gasteiger partial charge is 0.322 e. The minimum Gasteiger partial charge on any atom is -0.322 e. The van der Waals surface area contributed by atoms with Crippen molar-refractivity contribution in [3.63, 3.8) is 0 Å². The van der Waals surface area contributed by atoms with Crippen molar-refractivity contribution in [1.82, 2.24) is 4.90 Å². The lowest BCUT2D eigenvalue weighted by molar-refractivity contribution is -0.138. The molecule has 3 nitrogen and oxygen atoms in total. The lowest BCUT2D eigenvalue weighted by atomic mass is 10.1. The molecule has 1 saturated heterocycles. The van der Waals surface area contributed by atoms with Crippen molar-refractivity contribution in [3.8, 4) is 0 Å². The monoisotopic (exact) mass is 338 g/mol. The Balaban J connectivity index is 2.24. The van der Waals surface area contributed by atoms with Crippen LogP contribution in [0.3, 0.4) is 0 Å². The predicted molar refractivity (Wildman–Crippen MR) is 75.3 cm³/mol. The first-order valence-electron chi connectivity index (χ1n) is 6.79. The summed E-state index contributed by atoms with van der Waals surface area (Å²) in [6.45, 7) is 1.74. The maximum absolute atomic E-state index is 13.2. The zero-order valence-electron chi connectivity index (χ0n) is 11.6. The maximum atomic E-state index is 13.2. The molecule has 1 heterocycles. The number of carbonyl (C=O) groups excluding carboxylic acids is 1. The number of alkyl halides is 5. The number of amides is 1. The summed E-state index contributed by atoms with van der Waals surface area (Å²) in [4.78, 5) is 13.1. The number of nitrogens with zero attached hydrogens (tertiary/aromatic N) is 1. The van der Waals surface area contributed by atoms with Crippen molar-refractivity contribution in [2.45, 2.75) is 31.2 Å². The van der Waals surface area contributed by atoms with E-state index in [1.807, 2.05) is 10.2 Å². The minimum atomic E-state index is -4.55. The molecule has 1 aromatic carbocycles. The normalized spacial score (nSPS) is 17.5. The largest absolute Gasteiger partial charge is 0.416 e. The van der Waals surface area contributed by atoms with Crippen LogP contribution >= 0.6 is 11.6 Å². The lowest BCUT2D eigenvalue weighted by Gasteiger charge is -2.20. The number of halogens is 5. The van der Waals surface area contributed by atoms with Crippen LogP contribution in [0.5, 0.6) is 0 Å². The number of hydrogen-bond donors (Lipinski definition) is 1. The van der Waals surface area contributed by atoms with E-state index in [0.29, 0.717) is 0 Å². The molecular formula is C14H15ClF4N2O. The van der Waals surface area contributed by atoms with E-state index in [4.69, 9.17) is 11.6 Å². The highest BCUT2D eigenvalue weighted by Crippen LogP contribution is 2.35. The van der Waals surface area contributed by atoms with E-state index in [9.17, 15) is 22.4 Å². The van der Waals surface area contributed by atoms with Crippen LogP contribution in [0.4, 0.5) is 23.2 Å². The van der Waals surface area contributed by atoms with Gasteiger partial charge >= 0.3 is 6.18 Å². The Bertz CT molecular complexity index is 542. The zero-order chi connectivity index (χ0) is 16.3. The second kappa shape index (κ2) is 6.83. The summed E-state index contributed by atoms with van der Waals surface area (Å²) in [6, 6.07) is 3.43. The highest BCUT2D eigenvalue weighted by Gasteiger charge is 2.34. The molecule has 0 aliphatic carbocycles. The third-order valence-corrected chi connectivity index (χ3v) is 3.67. The van der Waals surface area contributed by atoms with Gasteiger partial charge in [0.25, 0.3) is 11.5 Å². The first kappa shape index (κ1) is 17.0. The van der Waals surface area contributed by atoms with Crippen molar-refractivity contribution < 1.29 is 22.4 Å². The second-order valence-electron chi connectivity index (χ2n) is 5.14. The average molecular weight is 339 g/mol.